The Morgan fingerprint density at radius 1 is 0.341 bits per heavy atom. The molecule has 0 aromatic rings. The molecule has 6 unspecified atom stereocenters. The molecule has 58 nitrogen and oxygen atoms in total. The van der Waals surface area contributed by atoms with Crippen LogP contribution in [0.15, 0.2) is 0 Å². The van der Waals surface area contributed by atoms with E-state index in [2.05, 4.69) is 16.0 Å². The molecule has 0 bridgehead atoms. The zero-order valence-electron chi connectivity index (χ0n) is 68.7. The third-order valence-corrected chi connectivity index (χ3v) is 23.6. The number of carboxylic acids is 2. The fourth-order valence-electron chi connectivity index (χ4n) is 16.5. The molecule has 746 valence electrons. The summed E-state index contributed by atoms with van der Waals surface area (Å²) in [5.74, 6) is -14.9. The fourth-order valence-corrected chi connectivity index (χ4v) is 16.5. The van der Waals surface area contributed by atoms with Crippen LogP contribution >= 0.6 is 0 Å². The van der Waals surface area contributed by atoms with E-state index in [-0.39, 0.29) is 0 Å². The van der Waals surface area contributed by atoms with Crippen LogP contribution in [-0.4, -0.2) is 559 Å². The largest absolute Gasteiger partial charge is 0.477 e. The highest BCUT2D eigenvalue weighted by atomic mass is 16.8. The standard InChI is InChI=1S/C71H117N3O55/c1-16-34(88)43(97)47(101)64(114-16)126-58-40(94)29(14-112-63-46(100)44(98)36(90)25(10-78)116-63)120-66(50(58)104)124-57-33(74-19(4)83)62(118-27(12-80)56(57)123-65-48(102)45(99)37(91)26(11-79)117-65)125-59-49(103)52(21(85)7-75)121-67(51(59)105)122-55-24(127-71(69(109)110)5-20(84)35(89)53(128-71)22(86)8-76)6-70(68(107)108,129-54(55)23(87)9-77)113-15-30-39(93)42(96)32(73-18(3)82)61(119-30)111-13-28-38(92)41(95)31(60(106)115-28)72-17(2)81/h16,20-67,75-80,84-106H,5-15H2,1-4H3,(H,72,81)(H,73,82)(H,74,83)(H,107,108)(H,109,110)/t16-,20+,21?,22+,23+,24+,25+,26+,27+,28+,29+,30+,31+,32+,33+,34-,35+,36+,37+,38+,39+,40+,41+,42+,43+,44-,45-,46+,47+,48+,49?,50+,51?,52?,53+,54+,55+,56-,57+,58-,59?,60-,61+,62+,63-,64-,65+,66-,67?,70+,71+/m0/s1. The van der Waals surface area contributed by atoms with Gasteiger partial charge in [-0.2, -0.15) is 0 Å². The Morgan fingerprint density at radius 2 is 0.736 bits per heavy atom. The molecule has 10 saturated heterocycles. The molecule has 10 rings (SSSR count). The van der Waals surface area contributed by atoms with Gasteiger partial charge in [0.15, 0.2) is 50.3 Å². The number of carboxylic acid groups (broad SMARTS) is 2. The van der Waals surface area contributed by atoms with Gasteiger partial charge in [-0.1, -0.05) is 0 Å². The predicted molar refractivity (Wildman–Crippen MR) is 391 cm³/mol. The Hall–Kier alpha value is -4.57. The van der Waals surface area contributed by atoms with Crippen molar-refractivity contribution in [3.05, 3.63) is 0 Å². The molecule has 0 aromatic heterocycles. The maximum atomic E-state index is 14.2. The maximum absolute atomic E-state index is 14.2. The molecular weight excluding hydrogens is 1770 g/mol. The number of amides is 3. The summed E-state index contributed by atoms with van der Waals surface area (Å²) in [4.78, 5) is 66.4. The molecule has 0 radical (unpaired) electrons. The second-order valence-electron chi connectivity index (χ2n) is 32.7. The number of hydrogen-bond donors (Lipinski definition) is 34. The number of rotatable bonds is 35. The van der Waals surface area contributed by atoms with E-state index in [1.807, 2.05) is 0 Å². The number of ether oxygens (including phenoxy) is 19. The van der Waals surface area contributed by atoms with E-state index in [0.717, 1.165) is 20.8 Å². The highest BCUT2D eigenvalue weighted by molar-refractivity contribution is 5.77. The van der Waals surface area contributed by atoms with Crippen molar-refractivity contribution >= 4 is 29.7 Å². The molecular formula is C71H117N3O55. The number of aliphatic hydroxyl groups is 29. The van der Waals surface area contributed by atoms with E-state index in [4.69, 9.17) is 90.0 Å². The van der Waals surface area contributed by atoms with Gasteiger partial charge in [-0.3, -0.25) is 14.4 Å². The first-order chi connectivity index (χ1) is 60.7. The molecule has 34 N–H and O–H groups in total. The number of nitrogens with one attached hydrogen (secondary N) is 3. The average Bonchev–Trinajstić information content (AvgIpc) is 0.756. The van der Waals surface area contributed by atoms with E-state index in [0.29, 0.717) is 0 Å². The lowest BCUT2D eigenvalue weighted by Crippen LogP contribution is -2.72. The van der Waals surface area contributed by atoms with Gasteiger partial charge in [0.05, 0.1) is 77.8 Å². The zero-order valence-corrected chi connectivity index (χ0v) is 68.7. The summed E-state index contributed by atoms with van der Waals surface area (Å²) >= 11 is 0. The van der Waals surface area contributed by atoms with Crippen LogP contribution in [0.1, 0.15) is 40.5 Å². The van der Waals surface area contributed by atoms with E-state index < -0.39 is 414 Å². The molecule has 3 amide bonds. The van der Waals surface area contributed by atoms with Crippen LogP contribution < -0.4 is 16.0 Å². The van der Waals surface area contributed by atoms with Crippen molar-refractivity contribution in [2.45, 2.75) is 353 Å². The highest BCUT2D eigenvalue weighted by Crippen LogP contribution is 2.45. The van der Waals surface area contributed by atoms with E-state index in [9.17, 15) is 182 Å². The Bertz CT molecular complexity index is 3580. The molecule has 0 spiro atoms. The molecule has 10 aliphatic rings. The van der Waals surface area contributed by atoms with Crippen LogP contribution in [0.2, 0.25) is 0 Å². The van der Waals surface area contributed by atoms with Gasteiger partial charge in [0.2, 0.25) is 17.7 Å². The molecule has 0 aliphatic carbocycles. The Kier molecular flexibility index (Phi) is 37.3. The maximum Gasteiger partial charge on any atom is 0.364 e. The molecule has 10 fully saturated rings. The van der Waals surface area contributed by atoms with Crippen molar-refractivity contribution in [1.29, 1.82) is 0 Å². The van der Waals surface area contributed by atoms with Gasteiger partial charge in [0.25, 0.3) is 11.6 Å². The van der Waals surface area contributed by atoms with Crippen molar-refractivity contribution < 1.29 is 272 Å². The van der Waals surface area contributed by atoms with Gasteiger partial charge in [-0.15, -0.1) is 0 Å². The number of aliphatic hydroxyl groups excluding tert-OH is 29. The molecule has 51 atom stereocenters. The Balaban J connectivity index is 1.03. The summed E-state index contributed by atoms with van der Waals surface area (Å²) in [7, 11) is 0. The molecule has 129 heavy (non-hydrogen) atoms. The first-order valence-corrected chi connectivity index (χ1v) is 40.7. The number of aliphatic carboxylic acids is 2. The van der Waals surface area contributed by atoms with Crippen LogP contribution in [-0.2, 0) is 114 Å². The minimum atomic E-state index is -3.64. The predicted octanol–water partition coefficient (Wildman–Crippen LogP) is -22.3. The summed E-state index contributed by atoms with van der Waals surface area (Å²) in [6, 6.07) is -5.82. The summed E-state index contributed by atoms with van der Waals surface area (Å²) in [6.45, 7) is -7.62. The van der Waals surface area contributed by atoms with Crippen molar-refractivity contribution in [2.24, 2.45) is 0 Å². The molecule has 58 heteroatoms. The van der Waals surface area contributed by atoms with Crippen LogP contribution in [0.25, 0.3) is 0 Å². The number of hydrogen-bond acceptors (Lipinski definition) is 53. The van der Waals surface area contributed by atoms with Crippen molar-refractivity contribution in [3.8, 4) is 0 Å². The number of carbonyl (C=O) groups excluding carboxylic acids is 3. The fraction of sp³-hybridized carbons (Fsp3) is 0.930. The van der Waals surface area contributed by atoms with E-state index in [1.54, 1.807) is 0 Å². The quantitative estimate of drug-likeness (QED) is 0.0280. The lowest BCUT2D eigenvalue weighted by molar-refractivity contribution is -0.409. The van der Waals surface area contributed by atoms with Crippen molar-refractivity contribution in [2.75, 3.05) is 59.5 Å². The lowest BCUT2D eigenvalue weighted by Gasteiger charge is -2.53. The van der Waals surface area contributed by atoms with Gasteiger partial charge in [0, 0.05) is 33.6 Å². The first kappa shape index (κ1) is 106. The average molecular weight is 1890 g/mol. The zero-order chi connectivity index (χ0) is 95.5. The SMILES string of the molecule is CC(=O)N[C@@H]1[C@@H](O)[C@H](O)[C@@H](CO[C@@H]2O[C@H](CO[C@]3(C(=O)O)C[C@@H](O[C@]4(C(=O)O)C[C@@H](O)[C@@H](O)[C@@H]([C@H](O)CO)O4)[C@@H](OC4OC(C(O)CO)C(O)C(O[C@H]5O[C@H](CO)[C@H](O[C@H]6O[C@H](CO)[C@@H](O)[C@H](O)[C@H]6O)[C@H](O[C@@H]6O[C@H](CO[C@H]7O[C@H](CO)[C@@H](O)[C@H](O)[C@H]7O)[C@@H](O)[C@H](O[C@@H]7O[C@@H](C)[C@H](O)[C@@H](O)[C@H]7O)[C@H]6O)[C@H]5NC(C)=O)C4O)[C@@H]([C@H](O)CO)O3)[C@@H](O)[C@H](O)[C@H]2NC(C)=O)O[C@@H]1O. The van der Waals surface area contributed by atoms with Crippen LogP contribution in [0.3, 0.4) is 0 Å². The molecule has 0 aromatic carbocycles. The van der Waals surface area contributed by atoms with Crippen LogP contribution in [0.4, 0.5) is 0 Å². The molecule has 10 aliphatic heterocycles. The van der Waals surface area contributed by atoms with Gasteiger partial charge in [-0.05, 0) is 6.92 Å². The Morgan fingerprint density at radius 3 is 1.29 bits per heavy atom. The lowest BCUT2D eigenvalue weighted by atomic mass is 9.89. The van der Waals surface area contributed by atoms with Crippen LogP contribution in [0, 0.1) is 0 Å². The van der Waals surface area contributed by atoms with Gasteiger partial charge in [-0.25, -0.2) is 9.59 Å². The van der Waals surface area contributed by atoms with Crippen molar-refractivity contribution in [1.82, 2.24) is 16.0 Å². The highest BCUT2D eigenvalue weighted by Gasteiger charge is 2.66. The third-order valence-electron chi connectivity index (χ3n) is 23.6. The van der Waals surface area contributed by atoms with Gasteiger partial charge in [0.1, 0.15) is 232 Å². The van der Waals surface area contributed by atoms with E-state index in [1.165, 1.54) is 6.92 Å². The van der Waals surface area contributed by atoms with Gasteiger partial charge < -0.3 is 264 Å². The van der Waals surface area contributed by atoms with Crippen LogP contribution in [0.5, 0.6) is 0 Å². The smallest absolute Gasteiger partial charge is 0.364 e. The minimum Gasteiger partial charge on any atom is -0.477 e. The van der Waals surface area contributed by atoms with Gasteiger partial charge >= 0.3 is 11.9 Å². The molecule has 0 saturated carbocycles. The monoisotopic (exact) mass is 1890 g/mol. The summed E-state index contributed by atoms with van der Waals surface area (Å²) in [6.07, 6.45) is -108. The summed E-state index contributed by atoms with van der Waals surface area (Å²) in [5.41, 5.74) is 0. The first-order valence-electron chi connectivity index (χ1n) is 40.7. The van der Waals surface area contributed by atoms with E-state index >= 15 is 0 Å². The third kappa shape index (κ3) is 23.1. The minimum absolute atomic E-state index is 0.781. The van der Waals surface area contributed by atoms with Crippen molar-refractivity contribution in [3.63, 3.8) is 0 Å². The summed E-state index contributed by atoms with van der Waals surface area (Å²) in [5, 5.41) is 353. The number of carbonyl (C=O) groups is 5. The summed E-state index contributed by atoms with van der Waals surface area (Å²) < 4.78 is 112. The molecule has 10 heterocycles. The second kappa shape index (κ2) is 45.1. The topological polar surface area (TPSA) is 924 Å². The normalized spacial score (nSPS) is 48.4. The Labute approximate surface area is 727 Å². The second-order valence-corrected chi connectivity index (χ2v) is 32.7.